The fraction of sp³-hybridized carbons (Fsp3) is 0.357. The van der Waals surface area contributed by atoms with Crippen LogP contribution < -0.4 is 14.8 Å². The number of aryl methyl sites for hydroxylation is 1. The van der Waals surface area contributed by atoms with E-state index in [9.17, 15) is 0 Å². The molecule has 5 nitrogen and oxygen atoms in total. The van der Waals surface area contributed by atoms with E-state index in [1.54, 1.807) is 0 Å². The molecule has 0 aliphatic carbocycles. The molecule has 1 unspecified atom stereocenters. The standard InChI is InChI=1S/C14H17N3O2/c1-9(15-6-12-7-16-10(2)17-12)11-3-4-13-14(5-11)19-8-18-13/h3-5,7,9,15H,6,8H2,1-2H3,(H,16,17). The van der Waals surface area contributed by atoms with Gasteiger partial charge in [0.15, 0.2) is 11.5 Å². The molecule has 19 heavy (non-hydrogen) atoms. The summed E-state index contributed by atoms with van der Waals surface area (Å²) in [4.78, 5) is 7.39. The van der Waals surface area contributed by atoms with Crippen LogP contribution >= 0.6 is 0 Å². The highest BCUT2D eigenvalue weighted by atomic mass is 16.7. The highest BCUT2D eigenvalue weighted by molar-refractivity contribution is 5.45. The average molecular weight is 259 g/mol. The molecule has 100 valence electrons. The van der Waals surface area contributed by atoms with E-state index in [1.165, 1.54) is 5.56 Å². The number of aromatic amines is 1. The van der Waals surface area contributed by atoms with Gasteiger partial charge in [-0.25, -0.2) is 4.98 Å². The van der Waals surface area contributed by atoms with Crippen LogP contribution in [0.1, 0.15) is 30.0 Å². The van der Waals surface area contributed by atoms with Gasteiger partial charge in [-0.3, -0.25) is 0 Å². The van der Waals surface area contributed by atoms with Crippen molar-refractivity contribution in [2.45, 2.75) is 26.4 Å². The first-order chi connectivity index (χ1) is 9.22. The molecule has 0 radical (unpaired) electrons. The van der Waals surface area contributed by atoms with Crippen molar-refractivity contribution in [2.24, 2.45) is 0 Å². The van der Waals surface area contributed by atoms with Crippen molar-refractivity contribution in [1.29, 1.82) is 0 Å². The number of benzene rings is 1. The second-order valence-electron chi connectivity index (χ2n) is 4.71. The molecular formula is C14H17N3O2. The van der Waals surface area contributed by atoms with Gasteiger partial charge in [0.25, 0.3) is 0 Å². The monoisotopic (exact) mass is 259 g/mol. The van der Waals surface area contributed by atoms with Gasteiger partial charge in [-0.05, 0) is 31.5 Å². The Morgan fingerprint density at radius 3 is 3.00 bits per heavy atom. The summed E-state index contributed by atoms with van der Waals surface area (Å²) in [5, 5.41) is 3.45. The molecule has 1 aromatic heterocycles. The van der Waals surface area contributed by atoms with E-state index in [-0.39, 0.29) is 6.04 Å². The predicted octanol–water partition coefficient (Wildman–Crippen LogP) is 2.30. The Bertz CT molecular complexity index is 580. The Labute approximate surface area is 112 Å². The van der Waals surface area contributed by atoms with Gasteiger partial charge in [-0.1, -0.05) is 6.07 Å². The Balaban J connectivity index is 1.65. The topological polar surface area (TPSA) is 59.2 Å². The van der Waals surface area contributed by atoms with E-state index in [0.29, 0.717) is 6.79 Å². The van der Waals surface area contributed by atoms with Crippen molar-refractivity contribution in [3.8, 4) is 11.5 Å². The molecule has 0 saturated carbocycles. The van der Waals surface area contributed by atoms with Crippen LogP contribution in [0.2, 0.25) is 0 Å². The number of rotatable bonds is 4. The largest absolute Gasteiger partial charge is 0.454 e. The summed E-state index contributed by atoms with van der Waals surface area (Å²) in [6, 6.07) is 6.27. The zero-order chi connectivity index (χ0) is 13.2. The summed E-state index contributed by atoms with van der Waals surface area (Å²) in [7, 11) is 0. The van der Waals surface area contributed by atoms with Crippen LogP contribution in [0.25, 0.3) is 0 Å². The molecule has 2 N–H and O–H groups in total. The Hall–Kier alpha value is -2.01. The lowest BCUT2D eigenvalue weighted by molar-refractivity contribution is 0.174. The van der Waals surface area contributed by atoms with Gasteiger partial charge in [-0.2, -0.15) is 0 Å². The summed E-state index contributed by atoms with van der Waals surface area (Å²) < 4.78 is 10.7. The first kappa shape index (κ1) is 12.0. The molecule has 1 aliphatic heterocycles. The molecule has 1 atom stereocenters. The predicted molar refractivity (Wildman–Crippen MR) is 71.1 cm³/mol. The first-order valence-corrected chi connectivity index (χ1v) is 6.36. The summed E-state index contributed by atoms with van der Waals surface area (Å²) in [5.74, 6) is 2.58. The van der Waals surface area contributed by atoms with Crippen molar-refractivity contribution in [2.75, 3.05) is 6.79 Å². The lowest BCUT2D eigenvalue weighted by atomic mass is 10.1. The molecule has 2 heterocycles. The lowest BCUT2D eigenvalue weighted by Gasteiger charge is -2.14. The maximum Gasteiger partial charge on any atom is 0.231 e. The van der Waals surface area contributed by atoms with Crippen molar-refractivity contribution in [1.82, 2.24) is 15.3 Å². The van der Waals surface area contributed by atoms with Gasteiger partial charge in [0.1, 0.15) is 5.82 Å². The van der Waals surface area contributed by atoms with Crippen molar-refractivity contribution < 1.29 is 9.47 Å². The van der Waals surface area contributed by atoms with E-state index in [2.05, 4.69) is 28.3 Å². The fourth-order valence-corrected chi connectivity index (χ4v) is 2.12. The number of hydrogen-bond donors (Lipinski definition) is 2. The summed E-state index contributed by atoms with van der Waals surface area (Å²) in [6.07, 6.45) is 1.86. The number of nitrogens with zero attached hydrogens (tertiary/aromatic N) is 1. The number of H-pyrrole nitrogens is 1. The van der Waals surface area contributed by atoms with Gasteiger partial charge in [0.2, 0.25) is 6.79 Å². The number of ether oxygens (including phenoxy) is 2. The first-order valence-electron chi connectivity index (χ1n) is 6.36. The molecule has 3 rings (SSSR count). The Morgan fingerprint density at radius 1 is 1.37 bits per heavy atom. The van der Waals surface area contributed by atoms with E-state index in [4.69, 9.17) is 9.47 Å². The number of aromatic nitrogens is 2. The van der Waals surface area contributed by atoms with Gasteiger partial charge in [-0.15, -0.1) is 0 Å². The van der Waals surface area contributed by atoms with Gasteiger partial charge >= 0.3 is 0 Å². The smallest absolute Gasteiger partial charge is 0.231 e. The van der Waals surface area contributed by atoms with E-state index >= 15 is 0 Å². The summed E-state index contributed by atoms with van der Waals surface area (Å²) in [5.41, 5.74) is 2.27. The maximum atomic E-state index is 5.39. The molecular weight excluding hydrogens is 242 g/mol. The van der Waals surface area contributed by atoms with Crippen molar-refractivity contribution >= 4 is 0 Å². The lowest BCUT2D eigenvalue weighted by Crippen LogP contribution is -2.18. The second-order valence-corrected chi connectivity index (χ2v) is 4.71. The van der Waals surface area contributed by atoms with Crippen LogP contribution in [0.3, 0.4) is 0 Å². The van der Waals surface area contributed by atoms with Crippen LogP contribution in [0.4, 0.5) is 0 Å². The Kier molecular flexibility index (Phi) is 3.13. The van der Waals surface area contributed by atoms with E-state index in [1.807, 2.05) is 25.3 Å². The highest BCUT2D eigenvalue weighted by Gasteiger charge is 2.15. The fourth-order valence-electron chi connectivity index (χ4n) is 2.12. The minimum atomic E-state index is 0.234. The number of nitrogens with one attached hydrogen (secondary N) is 2. The second kappa shape index (κ2) is 4.93. The molecule has 0 amide bonds. The van der Waals surface area contributed by atoms with Crippen molar-refractivity contribution in [3.05, 3.63) is 41.5 Å². The molecule has 1 aliphatic rings. The van der Waals surface area contributed by atoms with Crippen molar-refractivity contribution in [3.63, 3.8) is 0 Å². The van der Waals surface area contributed by atoms with E-state index in [0.717, 1.165) is 29.6 Å². The highest BCUT2D eigenvalue weighted by Crippen LogP contribution is 2.34. The van der Waals surface area contributed by atoms with E-state index < -0.39 is 0 Å². The molecule has 0 bridgehead atoms. The molecule has 0 saturated heterocycles. The minimum Gasteiger partial charge on any atom is -0.454 e. The normalized spacial score (nSPS) is 14.6. The zero-order valence-corrected chi connectivity index (χ0v) is 11.1. The third-order valence-electron chi connectivity index (χ3n) is 3.25. The number of imidazole rings is 1. The molecule has 1 aromatic carbocycles. The average Bonchev–Trinajstić information content (AvgIpc) is 3.03. The van der Waals surface area contributed by atoms with Gasteiger partial charge < -0.3 is 19.8 Å². The van der Waals surface area contributed by atoms with Crippen LogP contribution in [0.15, 0.2) is 24.4 Å². The number of fused-ring (bicyclic) bond motifs is 1. The van der Waals surface area contributed by atoms with Gasteiger partial charge in [0.05, 0.1) is 0 Å². The maximum absolute atomic E-state index is 5.39. The SMILES string of the molecule is Cc1ncc(CNC(C)c2ccc3c(c2)OCO3)[nH]1. The quantitative estimate of drug-likeness (QED) is 0.884. The minimum absolute atomic E-state index is 0.234. The molecule has 5 heteroatoms. The summed E-state index contributed by atoms with van der Waals surface area (Å²) in [6.45, 7) is 5.15. The molecule has 0 fully saturated rings. The van der Waals surface area contributed by atoms with Crippen LogP contribution in [0, 0.1) is 6.92 Å². The summed E-state index contributed by atoms with van der Waals surface area (Å²) >= 11 is 0. The third kappa shape index (κ3) is 2.56. The molecule has 2 aromatic rings. The van der Waals surface area contributed by atoms with Crippen LogP contribution in [-0.2, 0) is 6.54 Å². The van der Waals surface area contributed by atoms with Crippen LogP contribution in [0.5, 0.6) is 11.5 Å². The molecule has 0 spiro atoms. The third-order valence-corrected chi connectivity index (χ3v) is 3.25. The number of hydrogen-bond acceptors (Lipinski definition) is 4. The van der Waals surface area contributed by atoms with Crippen LogP contribution in [-0.4, -0.2) is 16.8 Å². The van der Waals surface area contributed by atoms with Gasteiger partial charge in [0, 0.05) is 24.5 Å². The zero-order valence-electron chi connectivity index (χ0n) is 11.1. The Morgan fingerprint density at radius 2 is 2.21 bits per heavy atom.